The molecule has 1 aromatic heterocycles. The molecule has 1 heterocycles. The Kier molecular flexibility index (Phi) is 5.13. The molecule has 1 aromatic carbocycles. The zero-order valence-electron chi connectivity index (χ0n) is 12.1. The van der Waals surface area contributed by atoms with Crippen LogP contribution in [0.15, 0.2) is 24.3 Å². The van der Waals surface area contributed by atoms with E-state index in [2.05, 4.69) is 9.84 Å². The third-order valence-corrected chi connectivity index (χ3v) is 3.57. The number of benzene rings is 1. The molecular weight excluding hydrogens is 314 g/mol. The summed E-state index contributed by atoms with van der Waals surface area (Å²) >= 11 is 6.10. The van der Waals surface area contributed by atoms with Gasteiger partial charge >= 0.3 is 5.97 Å². The lowest BCUT2D eigenvalue weighted by Crippen LogP contribution is -2.13. The summed E-state index contributed by atoms with van der Waals surface area (Å²) < 4.78 is 30.4. The molecule has 0 spiro atoms. The van der Waals surface area contributed by atoms with Gasteiger partial charge in [-0.15, -0.1) is 0 Å². The topological polar surface area (TPSA) is 44.1 Å². The highest BCUT2D eigenvalue weighted by Crippen LogP contribution is 2.20. The van der Waals surface area contributed by atoms with Gasteiger partial charge in [-0.25, -0.2) is 13.6 Å². The van der Waals surface area contributed by atoms with E-state index < -0.39 is 19.0 Å². The van der Waals surface area contributed by atoms with Crippen molar-refractivity contribution in [1.82, 2.24) is 9.78 Å². The lowest BCUT2D eigenvalue weighted by Gasteiger charge is -2.07. The maximum atomic E-state index is 12.1. The number of hydrogen-bond donors (Lipinski definition) is 0. The molecule has 0 saturated heterocycles. The molecule has 0 bridgehead atoms. The monoisotopic (exact) mass is 328 g/mol. The largest absolute Gasteiger partial charge is 0.456 e. The molecule has 7 heteroatoms. The molecule has 118 valence electrons. The Hall–Kier alpha value is -1.95. The summed E-state index contributed by atoms with van der Waals surface area (Å²) in [4.78, 5) is 11.9. The fourth-order valence-electron chi connectivity index (χ4n) is 2.15. The fourth-order valence-corrected chi connectivity index (χ4v) is 2.34. The Morgan fingerprint density at radius 2 is 2.05 bits per heavy atom. The van der Waals surface area contributed by atoms with E-state index in [0.717, 1.165) is 5.56 Å². The molecule has 0 saturated carbocycles. The average Bonchev–Trinajstić information content (AvgIpc) is 2.73. The second-order valence-electron chi connectivity index (χ2n) is 4.78. The zero-order chi connectivity index (χ0) is 16.3. The minimum absolute atomic E-state index is 0.215. The summed E-state index contributed by atoms with van der Waals surface area (Å²) in [5.41, 5.74) is 2.05. The summed E-state index contributed by atoms with van der Waals surface area (Å²) in [7, 11) is 0. The molecule has 0 aliphatic heterocycles. The van der Waals surface area contributed by atoms with Crippen molar-refractivity contribution in [2.45, 2.75) is 26.8 Å². The van der Waals surface area contributed by atoms with Crippen molar-refractivity contribution in [2.75, 3.05) is 6.61 Å². The zero-order valence-corrected chi connectivity index (χ0v) is 12.9. The van der Waals surface area contributed by atoms with Gasteiger partial charge in [-0.3, -0.25) is 4.68 Å². The molecule has 2 rings (SSSR count). The van der Waals surface area contributed by atoms with Crippen LogP contribution in [0.5, 0.6) is 0 Å². The molecule has 0 aliphatic carbocycles. The molecule has 0 unspecified atom stereocenters. The van der Waals surface area contributed by atoms with Crippen molar-refractivity contribution < 1.29 is 18.3 Å². The van der Waals surface area contributed by atoms with Gasteiger partial charge in [0.25, 0.3) is 6.43 Å². The van der Waals surface area contributed by atoms with Crippen LogP contribution in [0.2, 0.25) is 5.02 Å². The molecule has 0 N–H and O–H groups in total. The number of hydrogen-bond acceptors (Lipinski definition) is 3. The lowest BCUT2D eigenvalue weighted by molar-refractivity contribution is 0.0158. The number of ether oxygens (including phenoxy) is 1. The van der Waals surface area contributed by atoms with Crippen LogP contribution in [-0.2, 0) is 11.3 Å². The highest BCUT2D eigenvalue weighted by molar-refractivity contribution is 6.31. The van der Waals surface area contributed by atoms with Crippen LogP contribution in [0.1, 0.15) is 27.3 Å². The Bertz CT molecular complexity index is 686. The molecular formula is C15H15ClF2N2O2. The number of aromatic nitrogens is 2. The molecule has 2 aromatic rings. The third-order valence-electron chi connectivity index (χ3n) is 3.20. The van der Waals surface area contributed by atoms with Crippen molar-refractivity contribution >= 4 is 17.6 Å². The number of alkyl halides is 2. The maximum absolute atomic E-state index is 12.1. The first-order valence-electron chi connectivity index (χ1n) is 6.62. The van der Waals surface area contributed by atoms with Crippen molar-refractivity contribution in [2.24, 2.45) is 0 Å². The predicted molar refractivity (Wildman–Crippen MR) is 78.5 cm³/mol. The Morgan fingerprint density at radius 1 is 1.36 bits per heavy atom. The Labute approximate surface area is 131 Å². The molecule has 0 atom stereocenters. The van der Waals surface area contributed by atoms with Crippen LogP contribution in [0.25, 0.3) is 0 Å². The highest BCUT2D eigenvalue weighted by Gasteiger charge is 2.21. The van der Waals surface area contributed by atoms with Gasteiger partial charge < -0.3 is 4.74 Å². The first-order chi connectivity index (χ1) is 10.4. The van der Waals surface area contributed by atoms with Crippen LogP contribution >= 0.6 is 11.6 Å². The summed E-state index contributed by atoms with van der Waals surface area (Å²) in [5, 5.41) is 4.86. The van der Waals surface area contributed by atoms with Crippen molar-refractivity contribution in [3.05, 3.63) is 51.8 Å². The second-order valence-corrected chi connectivity index (χ2v) is 5.19. The quantitative estimate of drug-likeness (QED) is 0.787. The number of carbonyl (C=O) groups is 1. The fraction of sp³-hybridized carbons (Fsp3) is 0.333. The number of carbonyl (C=O) groups excluding carboxylic acids is 1. The first kappa shape index (κ1) is 16.4. The number of halogens is 3. The molecule has 0 amide bonds. The van der Waals surface area contributed by atoms with E-state index in [0.29, 0.717) is 23.0 Å². The van der Waals surface area contributed by atoms with Gasteiger partial charge in [0.15, 0.2) is 6.61 Å². The summed E-state index contributed by atoms with van der Waals surface area (Å²) in [6.45, 7) is 2.78. The van der Waals surface area contributed by atoms with Crippen molar-refractivity contribution in [1.29, 1.82) is 0 Å². The van der Waals surface area contributed by atoms with Crippen molar-refractivity contribution in [3.63, 3.8) is 0 Å². The predicted octanol–water partition coefficient (Wildman–Crippen LogP) is 3.62. The average molecular weight is 329 g/mol. The van der Waals surface area contributed by atoms with Gasteiger partial charge in [-0.1, -0.05) is 29.8 Å². The van der Waals surface area contributed by atoms with E-state index in [1.807, 2.05) is 18.2 Å². The molecule has 0 aliphatic rings. The van der Waals surface area contributed by atoms with E-state index in [1.165, 1.54) is 0 Å². The van der Waals surface area contributed by atoms with Crippen molar-refractivity contribution in [3.8, 4) is 0 Å². The molecule has 0 fully saturated rings. The van der Waals surface area contributed by atoms with E-state index >= 15 is 0 Å². The highest BCUT2D eigenvalue weighted by atomic mass is 35.5. The van der Waals surface area contributed by atoms with Crippen LogP contribution in [0.3, 0.4) is 0 Å². The third kappa shape index (κ3) is 3.62. The van der Waals surface area contributed by atoms with E-state index in [9.17, 15) is 13.6 Å². The smallest absolute Gasteiger partial charge is 0.342 e. The minimum atomic E-state index is -2.69. The second kappa shape index (κ2) is 6.87. The molecule has 4 nitrogen and oxygen atoms in total. The number of esters is 1. The number of aryl methyl sites for hydroxylation is 1. The van der Waals surface area contributed by atoms with Crippen LogP contribution in [0, 0.1) is 13.8 Å². The van der Waals surface area contributed by atoms with Gasteiger partial charge in [-0.05, 0) is 25.5 Å². The lowest BCUT2D eigenvalue weighted by atomic mass is 10.2. The maximum Gasteiger partial charge on any atom is 0.342 e. The summed E-state index contributed by atoms with van der Waals surface area (Å²) in [5.74, 6) is -0.791. The van der Waals surface area contributed by atoms with Crippen LogP contribution in [0.4, 0.5) is 8.78 Å². The number of rotatable bonds is 5. The normalized spacial score (nSPS) is 11.0. The van der Waals surface area contributed by atoms with Gasteiger partial charge in [0.2, 0.25) is 0 Å². The van der Waals surface area contributed by atoms with Crippen LogP contribution in [-0.4, -0.2) is 28.8 Å². The summed E-state index contributed by atoms with van der Waals surface area (Å²) in [6, 6.07) is 7.29. The standard InChI is InChI=1S/C15H15ClF2N2O2/c1-9-14(15(21)22-8-13(17)18)10(2)20(19-9)7-11-5-3-4-6-12(11)16/h3-6,13H,7-8H2,1-2H3. The Morgan fingerprint density at radius 3 is 2.68 bits per heavy atom. The Balaban J connectivity index is 2.24. The molecule has 0 radical (unpaired) electrons. The minimum Gasteiger partial charge on any atom is -0.456 e. The first-order valence-corrected chi connectivity index (χ1v) is 7.00. The van der Waals surface area contributed by atoms with Gasteiger partial charge in [-0.2, -0.15) is 5.10 Å². The van der Waals surface area contributed by atoms with Gasteiger partial charge in [0.05, 0.1) is 17.9 Å². The number of nitrogens with zero attached hydrogens (tertiary/aromatic N) is 2. The van der Waals surface area contributed by atoms with Gasteiger partial charge in [0, 0.05) is 5.02 Å². The van der Waals surface area contributed by atoms with E-state index in [1.54, 1.807) is 24.6 Å². The summed E-state index contributed by atoms with van der Waals surface area (Å²) in [6.07, 6.45) is -2.69. The van der Waals surface area contributed by atoms with Crippen LogP contribution < -0.4 is 0 Å². The SMILES string of the molecule is Cc1nn(Cc2ccccc2Cl)c(C)c1C(=O)OCC(F)F. The van der Waals surface area contributed by atoms with E-state index in [4.69, 9.17) is 11.6 Å². The van der Waals surface area contributed by atoms with E-state index in [-0.39, 0.29) is 5.56 Å². The molecule has 22 heavy (non-hydrogen) atoms. The van der Waals surface area contributed by atoms with Gasteiger partial charge in [0.1, 0.15) is 5.56 Å².